The van der Waals surface area contributed by atoms with Gasteiger partial charge >= 0.3 is 12.1 Å². The fourth-order valence-corrected chi connectivity index (χ4v) is 4.09. The van der Waals surface area contributed by atoms with Crippen molar-refractivity contribution in [2.75, 3.05) is 25.2 Å². The Hall–Kier alpha value is -2.55. The Morgan fingerprint density at radius 1 is 1.19 bits per heavy atom. The summed E-state index contributed by atoms with van der Waals surface area (Å²) in [4.78, 5) is 49.0. The average molecular weight is 378 g/mol. The first-order valence-electron chi connectivity index (χ1n) is 8.08. The zero-order valence-electron chi connectivity index (χ0n) is 14.1. The number of methoxy groups -OCH3 is 1. The minimum atomic E-state index is -0.579. The minimum absolute atomic E-state index is 0.0415. The lowest BCUT2D eigenvalue weighted by Gasteiger charge is -2.20. The third-order valence-electron chi connectivity index (χ3n) is 4.22. The maximum atomic E-state index is 12.3. The highest BCUT2D eigenvalue weighted by Gasteiger charge is 2.36. The van der Waals surface area contributed by atoms with Gasteiger partial charge in [-0.2, -0.15) is 11.8 Å². The molecular formula is C17H18N2O6S. The topological polar surface area (TPSA) is 102 Å². The number of imide groups is 1. The molecule has 0 bridgehead atoms. The van der Waals surface area contributed by atoms with Crippen LogP contribution in [0.5, 0.6) is 0 Å². The summed E-state index contributed by atoms with van der Waals surface area (Å²) in [5, 5.41) is 2.63. The quantitative estimate of drug-likeness (QED) is 0.604. The number of amides is 3. The number of rotatable bonds is 5. The van der Waals surface area contributed by atoms with Gasteiger partial charge in [-0.25, -0.2) is 4.79 Å². The molecule has 1 aromatic rings. The first-order valence-corrected chi connectivity index (χ1v) is 9.23. The Kier molecular flexibility index (Phi) is 5.46. The van der Waals surface area contributed by atoms with Crippen molar-refractivity contribution < 1.29 is 28.7 Å². The molecule has 9 heteroatoms. The number of hydrogen-bond acceptors (Lipinski definition) is 7. The molecule has 0 radical (unpaired) electrons. The van der Waals surface area contributed by atoms with E-state index in [9.17, 15) is 19.2 Å². The molecule has 26 heavy (non-hydrogen) atoms. The predicted octanol–water partition coefficient (Wildman–Crippen LogP) is 1.06. The van der Waals surface area contributed by atoms with Gasteiger partial charge in [0.15, 0.2) is 0 Å². The molecule has 0 spiro atoms. The Morgan fingerprint density at radius 2 is 1.85 bits per heavy atom. The highest BCUT2D eigenvalue weighted by atomic mass is 32.2. The number of benzene rings is 1. The van der Waals surface area contributed by atoms with Gasteiger partial charge in [0.05, 0.1) is 30.7 Å². The summed E-state index contributed by atoms with van der Waals surface area (Å²) >= 11 is 1.55. The van der Waals surface area contributed by atoms with E-state index in [2.05, 4.69) is 10.1 Å². The van der Waals surface area contributed by atoms with Crippen molar-refractivity contribution in [3.05, 3.63) is 35.4 Å². The number of alkyl carbamates (subject to hydrolysis) is 1. The Bertz CT molecular complexity index is 718. The highest BCUT2D eigenvalue weighted by molar-refractivity contribution is 7.99. The summed E-state index contributed by atoms with van der Waals surface area (Å²) in [5.74, 6) is -0.148. The fraction of sp³-hybridized carbons (Fsp3) is 0.412. The SMILES string of the molecule is COC(=O)N[C@@H]1CSC[C@H]1OC(=O)CCN1C(=O)c2ccccc2C1=O. The van der Waals surface area contributed by atoms with Gasteiger partial charge in [0.2, 0.25) is 0 Å². The van der Waals surface area contributed by atoms with Crippen LogP contribution in [0.3, 0.4) is 0 Å². The van der Waals surface area contributed by atoms with Gasteiger partial charge in [0.1, 0.15) is 6.10 Å². The van der Waals surface area contributed by atoms with Gasteiger partial charge in [-0.15, -0.1) is 0 Å². The van der Waals surface area contributed by atoms with Crippen LogP contribution < -0.4 is 5.32 Å². The standard InChI is InChI=1S/C17H18N2O6S/c1-24-17(23)18-12-8-26-9-13(12)25-14(20)6-7-19-15(21)10-4-2-3-5-11(10)16(19)22/h2-5,12-13H,6-9H2,1H3,(H,18,23)/t12-,13-/m1/s1. The summed E-state index contributed by atoms with van der Waals surface area (Å²) in [6.07, 6.45) is -1.14. The second kappa shape index (κ2) is 7.77. The van der Waals surface area contributed by atoms with Gasteiger partial charge in [-0.05, 0) is 12.1 Å². The lowest BCUT2D eigenvalue weighted by Crippen LogP contribution is -2.44. The second-order valence-corrected chi connectivity index (χ2v) is 6.94. The smallest absolute Gasteiger partial charge is 0.407 e. The molecule has 2 heterocycles. The number of carbonyl (C=O) groups excluding carboxylic acids is 4. The van der Waals surface area contributed by atoms with Crippen molar-refractivity contribution >= 4 is 35.6 Å². The molecule has 2 aliphatic rings. The molecule has 2 aliphatic heterocycles. The van der Waals surface area contributed by atoms with Crippen LogP contribution in [0.15, 0.2) is 24.3 Å². The van der Waals surface area contributed by atoms with E-state index in [1.807, 2.05) is 0 Å². The van der Waals surface area contributed by atoms with E-state index < -0.39 is 30.0 Å². The van der Waals surface area contributed by atoms with Crippen molar-refractivity contribution in [3.8, 4) is 0 Å². The lowest BCUT2D eigenvalue weighted by atomic mass is 10.1. The maximum Gasteiger partial charge on any atom is 0.407 e. The highest BCUT2D eigenvalue weighted by Crippen LogP contribution is 2.24. The number of nitrogens with one attached hydrogen (secondary N) is 1. The summed E-state index contributed by atoms with van der Waals surface area (Å²) in [6, 6.07) is 6.23. The zero-order chi connectivity index (χ0) is 18.7. The van der Waals surface area contributed by atoms with Gasteiger partial charge in [0.25, 0.3) is 11.8 Å². The van der Waals surface area contributed by atoms with Crippen molar-refractivity contribution in [2.45, 2.75) is 18.6 Å². The van der Waals surface area contributed by atoms with Crippen LogP contribution in [-0.2, 0) is 14.3 Å². The van der Waals surface area contributed by atoms with E-state index in [4.69, 9.17) is 4.74 Å². The van der Waals surface area contributed by atoms with Crippen LogP contribution in [0.2, 0.25) is 0 Å². The molecule has 0 unspecified atom stereocenters. The number of thioether (sulfide) groups is 1. The molecule has 2 atom stereocenters. The summed E-state index contributed by atoms with van der Waals surface area (Å²) in [6.45, 7) is -0.0415. The molecule has 1 aromatic carbocycles. The van der Waals surface area contributed by atoms with Crippen LogP contribution in [0.4, 0.5) is 4.79 Å². The summed E-state index contributed by atoms with van der Waals surface area (Å²) in [7, 11) is 1.26. The van der Waals surface area contributed by atoms with Gasteiger partial charge < -0.3 is 14.8 Å². The van der Waals surface area contributed by atoms with Gasteiger partial charge in [-0.3, -0.25) is 19.3 Å². The zero-order valence-corrected chi connectivity index (χ0v) is 14.9. The van der Waals surface area contributed by atoms with E-state index in [0.29, 0.717) is 22.6 Å². The van der Waals surface area contributed by atoms with Crippen molar-refractivity contribution in [1.29, 1.82) is 0 Å². The molecule has 0 saturated carbocycles. The van der Waals surface area contributed by atoms with Gasteiger partial charge in [0, 0.05) is 18.1 Å². The van der Waals surface area contributed by atoms with Crippen LogP contribution in [0, 0.1) is 0 Å². The van der Waals surface area contributed by atoms with E-state index in [1.165, 1.54) is 7.11 Å². The van der Waals surface area contributed by atoms with Gasteiger partial charge in [-0.1, -0.05) is 12.1 Å². The van der Waals surface area contributed by atoms with Crippen molar-refractivity contribution in [3.63, 3.8) is 0 Å². The third kappa shape index (κ3) is 3.67. The number of carbonyl (C=O) groups is 4. The molecule has 8 nitrogen and oxygen atoms in total. The Labute approximate surface area is 154 Å². The van der Waals surface area contributed by atoms with Crippen molar-refractivity contribution in [1.82, 2.24) is 10.2 Å². The summed E-state index contributed by atoms with van der Waals surface area (Å²) in [5.41, 5.74) is 0.695. The van der Waals surface area contributed by atoms with Crippen LogP contribution in [0.25, 0.3) is 0 Å². The van der Waals surface area contributed by atoms with Crippen molar-refractivity contribution in [2.24, 2.45) is 0 Å². The first kappa shape index (κ1) is 18.2. The van der Waals surface area contributed by atoms with E-state index in [-0.39, 0.29) is 19.0 Å². The fourth-order valence-electron chi connectivity index (χ4n) is 2.87. The minimum Gasteiger partial charge on any atom is -0.459 e. The first-order chi connectivity index (χ1) is 12.5. The largest absolute Gasteiger partial charge is 0.459 e. The molecule has 1 N–H and O–H groups in total. The lowest BCUT2D eigenvalue weighted by molar-refractivity contribution is -0.148. The number of esters is 1. The van der Waals surface area contributed by atoms with Crippen LogP contribution >= 0.6 is 11.8 Å². The Balaban J connectivity index is 1.53. The summed E-state index contributed by atoms with van der Waals surface area (Å²) < 4.78 is 9.95. The molecule has 1 saturated heterocycles. The van der Waals surface area contributed by atoms with Crippen LogP contribution in [0.1, 0.15) is 27.1 Å². The molecule has 0 aliphatic carbocycles. The number of nitrogens with zero attached hydrogens (tertiary/aromatic N) is 1. The molecule has 1 fully saturated rings. The maximum absolute atomic E-state index is 12.3. The number of ether oxygens (including phenoxy) is 2. The third-order valence-corrected chi connectivity index (χ3v) is 5.38. The molecular weight excluding hydrogens is 360 g/mol. The molecule has 138 valence electrons. The monoisotopic (exact) mass is 378 g/mol. The Morgan fingerprint density at radius 3 is 2.46 bits per heavy atom. The normalized spacial score (nSPS) is 21.5. The molecule has 3 rings (SSSR count). The number of fused-ring (bicyclic) bond motifs is 1. The number of hydrogen-bond donors (Lipinski definition) is 1. The molecule has 0 aromatic heterocycles. The second-order valence-electron chi connectivity index (χ2n) is 5.87. The van der Waals surface area contributed by atoms with E-state index >= 15 is 0 Å². The van der Waals surface area contributed by atoms with E-state index in [1.54, 1.807) is 36.0 Å². The predicted molar refractivity (Wildman–Crippen MR) is 93.0 cm³/mol. The van der Waals surface area contributed by atoms with Crippen LogP contribution in [-0.4, -0.2) is 66.1 Å². The molecule has 3 amide bonds. The van der Waals surface area contributed by atoms with E-state index in [0.717, 1.165) is 4.90 Å². The average Bonchev–Trinajstić information content (AvgIpc) is 3.16.